The van der Waals surface area contributed by atoms with E-state index in [1.165, 1.54) is 0 Å². The summed E-state index contributed by atoms with van der Waals surface area (Å²) < 4.78 is 43.8. The normalized spacial score (nSPS) is 12.5. The number of carbonyl (C=O) groups excluding carboxylic acids is 1. The van der Waals surface area contributed by atoms with Crippen molar-refractivity contribution in [3.63, 3.8) is 0 Å². The zero-order valence-electron chi connectivity index (χ0n) is 13.8. The predicted molar refractivity (Wildman–Crippen MR) is 87.0 cm³/mol. The Hall–Kier alpha value is -2.54. The molecule has 0 heterocycles. The highest BCUT2D eigenvalue weighted by molar-refractivity contribution is 5.85. The molecule has 0 saturated carbocycles. The number of aryl methyl sites for hydroxylation is 1. The van der Waals surface area contributed by atoms with Crippen molar-refractivity contribution in [1.29, 1.82) is 0 Å². The van der Waals surface area contributed by atoms with E-state index in [9.17, 15) is 18.0 Å². The van der Waals surface area contributed by atoms with E-state index in [1.54, 1.807) is 61.5 Å². The fourth-order valence-corrected chi connectivity index (χ4v) is 2.35. The molecular formula is C18H18F3NO3. The van der Waals surface area contributed by atoms with E-state index < -0.39 is 24.8 Å². The Morgan fingerprint density at radius 3 is 2.24 bits per heavy atom. The molecule has 0 aromatic heterocycles. The SMILES string of the molecule is COC(=O)N(OC(CC(F)(F)F)c1ccccc1C)c1ccccc1. The van der Waals surface area contributed by atoms with E-state index >= 15 is 0 Å². The van der Waals surface area contributed by atoms with Gasteiger partial charge in [-0.1, -0.05) is 42.5 Å². The summed E-state index contributed by atoms with van der Waals surface area (Å²) in [7, 11) is 1.13. The minimum atomic E-state index is -4.47. The molecule has 4 nitrogen and oxygen atoms in total. The Balaban J connectivity index is 2.38. The lowest BCUT2D eigenvalue weighted by molar-refractivity contribution is -0.162. The second-order valence-electron chi connectivity index (χ2n) is 5.37. The molecule has 2 aromatic carbocycles. The lowest BCUT2D eigenvalue weighted by Crippen LogP contribution is -2.34. The molecule has 0 N–H and O–H groups in total. The quantitative estimate of drug-likeness (QED) is 0.694. The van der Waals surface area contributed by atoms with Crippen LogP contribution >= 0.6 is 0 Å². The molecule has 1 atom stereocenters. The minimum absolute atomic E-state index is 0.273. The third-order valence-electron chi connectivity index (χ3n) is 3.52. The van der Waals surface area contributed by atoms with Crippen LogP contribution in [0.1, 0.15) is 23.7 Å². The summed E-state index contributed by atoms with van der Waals surface area (Å²) in [6.07, 6.45) is -8.00. The van der Waals surface area contributed by atoms with Gasteiger partial charge in [0.2, 0.25) is 0 Å². The summed E-state index contributed by atoms with van der Waals surface area (Å²) in [4.78, 5) is 17.5. The van der Waals surface area contributed by atoms with Crippen molar-refractivity contribution in [3.05, 3.63) is 65.7 Å². The number of halogens is 3. The van der Waals surface area contributed by atoms with Crippen LogP contribution in [0.25, 0.3) is 0 Å². The maximum absolute atomic E-state index is 13.0. The van der Waals surface area contributed by atoms with Crippen LogP contribution in [0.5, 0.6) is 0 Å². The molecule has 1 amide bonds. The molecule has 1 unspecified atom stereocenters. The molecule has 0 aliphatic heterocycles. The maximum Gasteiger partial charge on any atom is 0.438 e. The highest BCUT2D eigenvalue weighted by Crippen LogP contribution is 2.35. The topological polar surface area (TPSA) is 38.8 Å². The second-order valence-corrected chi connectivity index (χ2v) is 5.37. The molecule has 0 fully saturated rings. The third kappa shape index (κ3) is 5.22. The zero-order chi connectivity index (χ0) is 18.4. The van der Waals surface area contributed by atoms with Gasteiger partial charge in [0.25, 0.3) is 0 Å². The van der Waals surface area contributed by atoms with Crippen molar-refractivity contribution in [1.82, 2.24) is 0 Å². The van der Waals surface area contributed by atoms with E-state index in [0.29, 0.717) is 11.1 Å². The van der Waals surface area contributed by atoms with Gasteiger partial charge in [0.1, 0.15) is 6.10 Å². The zero-order valence-corrected chi connectivity index (χ0v) is 13.8. The molecule has 0 radical (unpaired) electrons. The molecule has 25 heavy (non-hydrogen) atoms. The summed E-state index contributed by atoms with van der Waals surface area (Å²) in [6, 6.07) is 14.7. The fraction of sp³-hybridized carbons (Fsp3) is 0.278. The van der Waals surface area contributed by atoms with Gasteiger partial charge in [-0.3, -0.25) is 4.84 Å². The number of hydrogen-bond acceptors (Lipinski definition) is 3. The highest BCUT2D eigenvalue weighted by atomic mass is 19.4. The van der Waals surface area contributed by atoms with Crippen LogP contribution in [-0.4, -0.2) is 19.4 Å². The standard InChI is InChI=1S/C18H18F3NO3/c1-13-8-6-7-11-15(13)16(12-18(19,20)21)25-22(17(23)24-2)14-9-4-3-5-10-14/h3-11,16H,12H2,1-2H3. The molecular weight excluding hydrogens is 335 g/mol. The number of ether oxygens (including phenoxy) is 1. The van der Waals surface area contributed by atoms with Gasteiger partial charge in [-0.05, 0) is 30.2 Å². The average molecular weight is 353 g/mol. The first-order valence-electron chi connectivity index (χ1n) is 7.54. The summed E-state index contributed by atoms with van der Waals surface area (Å²) in [5.41, 5.74) is 1.26. The van der Waals surface area contributed by atoms with Crippen LogP contribution in [-0.2, 0) is 9.57 Å². The van der Waals surface area contributed by atoms with Gasteiger partial charge in [-0.2, -0.15) is 18.2 Å². The molecule has 7 heteroatoms. The average Bonchev–Trinajstić information content (AvgIpc) is 2.58. The summed E-state index contributed by atoms with van der Waals surface area (Å²) in [5, 5.41) is 0.739. The van der Waals surface area contributed by atoms with Gasteiger partial charge in [0.15, 0.2) is 0 Å². The van der Waals surface area contributed by atoms with Crippen LogP contribution in [0, 0.1) is 6.92 Å². The van der Waals surface area contributed by atoms with Crippen molar-refractivity contribution in [2.45, 2.75) is 25.6 Å². The molecule has 0 aliphatic carbocycles. The number of rotatable bonds is 5. The van der Waals surface area contributed by atoms with E-state index in [-0.39, 0.29) is 5.69 Å². The maximum atomic E-state index is 13.0. The predicted octanol–water partition coefficient (Wildman–Crippen LogP) is 5.19. The molecule has 0 bridgehead atoms. The number of hydroxylamine groups is 1. The first-order valence-corrected chi connectivity index (χ1v) is 7.54. The van der Waals surface area contributed by atoms with Gasteiger partial charge in [-0.25, -0.2) is 4.79 Å². The van der Waals surface area contributed by atoms with Crippen molar-refractivity contribution < 1.29 is 27.5 Å². The lowest BCUT2D eigenvalue weighted by atomic mass is 10.0. The van der Waals surface area contributed by atoms with Gasteiger partial charge in [0, 0.05) is 0 Å². The molecule has 0 aliphatic rings. The van der Waals surface area contributed by atoms with Crippen molar-refractivity contribution in [2.75, 3.05) is 12.2 Å². The Morgan fingerprint density at radius 2 is 1.68 bits per heavy atom. The van der Waals surface area contributed by atoms with Gasteiger partial charge >= 0.3 is 12.3 Å². The largest absolute Gasteiger partial charge is 0.451 e. The lowest BCUT2D eigenvalue weighted by Gasteiger charge is -2.28. The van der Waals surface area contributed by atoms with Gasteiger partial charge in [-0.15, -0.1) is 0 Å². The summed E-state index contributed by atoms with van der Waals surface area (Å²) in [6.45, 7) is 1.69. The van der Waals surface area contributed by atoms with Gasteiger partial charge in [0.05, 0.1) is 19.2 Å². The number of hydrogen-bond donors (Lipinski definition) is 0. The Kier molecular flexibility index (Phi) is 6.03. The van der Waals surface area contributed by atoms with Crippen molar-refractivity contribution in [3.8, 4) is 0 Å². The molecule has 0 saturated heterocycles. The number of carbonyl (C=O) groups is 1. The number of alkyl halides is 3. The van der Waals surface area contributed by atoms with Crippen LogP contribution in [0.15, 0.2) is 54.6 Å². The molecule has 2 rings (SSSR count). The fourth-order valence-electron chi connectivity index (χ4n) is 2.35. The molecule has 134 valence electrons. The van der Waals surface area contributed by atoms with Crippen LogP contribution in [0.4, 0.5) is 23.7 Å². The van der Waals surface area contributed by atoms with Crippen LogP contribution in [0.3, 0.4) is 0 Å². The second kappa shape index (κ2) is 8.02. The number of nitrogens with zero attached hydrogens (tertiary/aromatic N) is 1. The number of benzene rings is 2. The minimum Gasteiger partial charge on any atom is -0.451 e. The molecule has 2 aromatic rings. The van der Waals surface area contributed by atoms with Crippen LogP contribution in [0.2, 0.25) is 0 Å². The summed E-state index contributed by atoms with van der Waals surface area (Å²) in [5.74, 6) is 0. The van der Waals surface area contributed by atoms with Crippen molar-refractivity contribution in [2.24, 2.45) is 0 Å². The van der Waals surface area contributed by atoms with Gasteiger partial charge < -0.3 is 4.74 Å². The van der Waals surface area contributed by atoms with Crippen LogP contribution < -0.4 is 5.06 Å². The van der Waals surface area contributed by atoms with E-state index in [0.717, 1.165) is 12.2 Å². The number of para-hydroxylation sites is 1. The monoisotopic (exact) mass is 353 g/mol. The first kappa shape index (κ1) is 18.8. The highest BCUT2D eigenvalue weighted by Gasteiger charge is 2.36. The Bertz CT molecular complexity index is 704. The van der Waals surface area contributed by atoms with E-state index in [1.807, 2.05) is 0 Å². The summed E-state index contributed by atoms with van der Waals surface area (Å²) >= 11 is 0. The Morgan fingerprint density at radius 1 is 1.08 bits per heavy atom. The third-order valence-corrected chi connectivity index (χ3v) is 3.52. The van der Waals surface area contributed by atoms with E-state index in [4.69, 9.17) is 4.84 Å². The van der Waals surface area contributed by atoms with E-state index in [2.05, 4.69) is 4.74 Å². The number of anilines is 1. The molecule has 0 spiro atoms. The van der Waals surface area contributed by atoms with Crippen molar-refractivity contribution >= 4 is 11.8 Å². The Labute approximate surface area is 143 Å². The smallest absolute Gasteiger partial charge is 0.438 e. The first-order chi connectivity index (χ1) is 11.8. The number of amides is 1. The number of methoxy groups -OCH3 is 1.